The molecule has 0 aliphatic carbocycles. The van der Waals surface area contributed by atoms with E-state index >= 15 is 0 Å². The van der Waals surface area contributed by atoms with Crippen LogP contribution < -0.4 is 5.32 Å². The SMILES string of the molecule is CCc1cc(CC2(CNC(C)C)CCOC2C)n(C)n1. The number of ether oxygens (including phenoxy) is 1. The van der Waals surface area contributed by atoms with Gasteiger partial charge in [-0.2, -0.15) is 5.10 Å². The largest absolute Gasteiger partial charge is 0.378 e. The molecule has 4 heteroatoms. The quantitative estimate of drug-likeness (QED) is 0.868. The molecule has 1 fully saturated rings. The standard InChI is InChI=1S/C16H29N3O/c1-6-14-9-15(19(5)18-14)10-16(11-17-12(2)3)7-8-20-13(16)4/h9,12-13,17H,6-8,10-11H2,1-5H3. The highest BCUT2D eigenvalue weighted by atomic mass is 16.5. The van der Waals surface area contributed by atoms with Gasteiger partial charge in [-0.15, -0.1) is 0 Å². The fraction of sp³-hybridized carbons (Fsp3) is 0.812. The molecule has 1 aromatic heterocycles. The van der Waals surface area contributed by atoms with Crippen molar-refractivity contribution >= 4 is 0 Å². The molecule has 1 aromatic rings. The average molecular weight is 279 g/mol. The van der Waals surface area contributed by atoms with E-state index in [1.165, 1.54) is 11.4 Å². The van der Waals surface area contributed by atoms with E-state index in [-0.39, 0.29) is 5.41 Å². The third-order valence-electron chi connectivity index (χ3n) is 4.62. The maximum absolute atomic E-state index is 5.88. The van der Waals surface area contributed by atoms with Gasteiger partial charge < -0.3 is 10.1 Å². The van der Waals surface area contributed by atoms with E-state index < -0.39 is 0 Å². The zero-order valence-corrected chi connectivity index (χ0v) is 13.6. The molecule has 20 heavy (non-hydrogen) atoms. The number of hydrogen-bond donors (Lipinski definition) is 1. The summed E-state index contributed by atoms with van der Waals surface area (Å²) in [6.07, 6.45) is 3.46. The Balaban J connectivity index is 2.17. The Morgan fingerprint density at radius 3 is 2.80 bits per heavy atom. The van der Waals surface area contributed by atoms with Gasteiger partial charge in [-0.3, -0.25) is 4.68 Å². The molecule has 1 aliphatic rings. The second-order valence-corrected chi connectivity index (χ2v) is 6.44. The van der Waals surface area contributed by atoms with Gasteiger partial charge in [0.05, 0.1) is 11.8 Å². The van der Waals surface area contributed by atoms with Crippen LogP contribution in [0.5, 0.6) is 0 Å². The maximum Gasteiger partial charge on any atom is 0.0624 e. The van der Waals surface area contributed by atoms with Crippen LogP contribution in [-0.4, -0.2) is 35.1 Å². The third-order valence-corrected chi connectivity index (χ3v) is 4.62. The van der Waals surface area contributed by atoms with Gasteiger partial charge in [0.1, 0.15) is 0 Å². The predicted octanol–water partition coefficient (Wildman–Crippen LogP) is 2.32. The molecule has 0 radical (unpaired) electrons. The number of rotatable bonds is 6. The van der Waals surface area contributed by atoms with Gasteiger partial charge in [0, 0.05) is 37.4 Å². The molecule has 1 aliphatic heterocycles. The van der Waals surface area contributed by atoms with Gasteiger partial charge in [0.2, 0.25) is 0 Å². The van der Waals surface area contributed by atoms with Gasteiger partial charge in [0.25, 0.3) is 0 Å². The van der Waals surface area contributed by atoms with E-state index in [9.17, 15) is 0 Å². The van der Waals surface area contributed by atoms with Crippen LogP contribution in [-0.2, 0) is 24.6 Å². The van der Waals surface area contributed by atoms with Crippen molar-refractivity contribution in [1.82, 2.24) is 15.1 Å². The molecule has 2 heterocycles. The van der Waals surface area contributed by atoms with Crippen LogP contribution in [0.15, 0.2) is 6.07 Å². The third kappa shape index (κ3) is 3.23. The van der Waals surface area contributed by atoms with E-state index in [0.29, 0.717) is 12.1 Å². The topological polar surface area (TPSA) is 39.1 Å². The summed E-state index contributed by atoms with van der Waals surface area (Å²) in [5.74, 6) is 0. The summed E-state index contributed by atoms with van der Waals surface area (Å²) in [4.78, 5) is 0. The van der Waals surface area contributed by atoms with E-state index in [2.05, 4.69) is 51.2 Å². The van der Waals surface area contributed by atoms with Crippen LogP contribution in [0.4, 0.5) is 0 Å². The Hall–Kier alpha value is -0.870. The summed E-state index contributed by atoms with van der Waals surface area (Å²) in [7, 11) is 2.05. The Morgan fingerprint density at radius 2 is 2.30 bits per heavy atom. The van der Waals surface area contributed by atoms with Crippen molar-refractivity contribution in [2.45, 2.75) is 59.1 Å². The fourth-order valence-electron chi connectivity index (χ4n) is 3.02. The van der Waals surface area contributed by atoms with Crippen LogP contribution in [0.1, 0.15) is 45.5 Å². The van der Waals surface area contributed by atoms with Crippen LogP contribution in [0.3, 0.4) is 0 Å². The van der Waals surface area contributed by atoms with Crippen LogP contribution in [0.25, 0.3) is 0 Å². The Morgan fingerprint density at radius 1 is 1.55 bits per heavy atom. The highest BCUT2D eigenvalue weighted by Gasteiger charge is 2.42. The molecule has 4 nitrogen and oxygen atoms in total. The highest BCUT2D eigenvalue weighted by Crippen LogP contribution is 2.38. The van der Waals surface area contributed by atoms with Gasteiger partial charge in [-0.05, 0) is 32.3 Å². The van der Waals surface area contributed by atoms with E-state index in [1.807, 2.05) is 4.68 Å². The lowest BCUT2D eigenvalue weighted by Crippen LogP contribution is -2.43. The smallest absolute Gasteiger partial charge is 0.0624 e. The summed E-state index contributed by atoms with van der Waals surface area (Å²) in [5, 5.41) is 8.19. The van der Waals surface area contributed by atoms with Crippen molar-refractivity contribution in [3.8, 4) is 0 Å². The predicted molar refractivity (Wildman–Crippen MR) is 81.9 cm³/mol. The van der Waals surface area contributed by atoms with Crippen molar-refractivity contribution < 1.29 is 4.74 Å². The molecular weight excluding hydrogens is 250 g/mol. The second-order valence-electron chi connectivity index (χ2n) is 6.44. The Bertz CT molecular complexity index is 441. The van der Waals surface area contributed by atoms with Crippen LogP contribution >= 0.6 is 0 Å². The molecule has 2 unspecified atom stereocenters. The minimum Gasteiger partial charge on any atom is -0.378 e. The minimum atomic E-state index is 0.197. The first-order chi connectivity index (χ1) is 9.47. The maximum atomic E-state index is 5.88. The number of nitrogens with one attached hydrogen (secondary N) is 1. The molecule has 0 bridgehead atoms. The number of aromatic nitrogens is 2. The Kier molecular flexibility index (Phi) is 4.86. The van der Waals surface area contributed by atoms with Crippen molar-refractivity contribution in [1.29, 1.82) is 0 Å². The van der Waals surface area contributed by atoms with E-state index in [0.717, 1.165) is 32.4 Å². The molecule has 0 saturated carbocycles. The lowest BCUT2D eigenvalue weighted by Gasteiger charge is -2.33. The van der Waals surface area contributed by atoms with Gasteiger partial charge >= 0.3 is 0 Å². The zero-order chi connectivity index (χ0) is 14.8. The van der Waals surface area contributed by atoms with E-state index in [1.54, 1.807) is 0 Å². The van der Waals surface area contributed by atoms with Crippen LogP contribution in [0, 0.1) is 5.41 Å². The van der Waals surface area contributed by atoms with Crippen molar-refractivity contribution in [3.63, 3.8) is 0 Å². The first-order valence-corrected chi connectivity index (χ1v) is 7.83. The van der Waals surface area contributed by atoms with E-state index in [4.69, 9.17) is 4.74 Å². The number of aryl methyl sites for hydroxylation is 2. The molecule has 2 rings (SSSR count). The highest BCUT2D eigenvalue weighted by molar-refractivity contribution is 5.14. The van der Waals surface area contributed by atoms with Gasteiger partial charge in [-0.25, -0.2) is 0 Å². The fourth-order valence-corrected chi connectivity index (χ4v) is 3.02. The van der Waals surface area contributed by atoms with Crippen molar-refractivity contribution in [2.24, 2.45) is 12.5 Å². The van der Waals surface area contributed by atoms with Crippen LogP contribution in [0.2, 0.25) is 0 Å². The molecular formula is C16H29N3O. The second kappa shape index (κ2) is 6.27. The van der Waals surface area contributed by atoms with Gasteiger partial charge in [0.15, 0.2) is 0 Å². The normalized spacial score (nSPS) is 26.6. The van der Waals surface area contributed by atoms with Gasteiger partial charge in [-0.1, -0.05) is 20.8 Å². The molecule has 0 amide bonds. The molecule has 2 atom stereocenters. The first kappa shape index (κ1) is 15.5. The number of hydrogen-bond acceptors (Lipinski definition) is 3. The Labute approximate surface area is 122 Å². The summed E-state index contributed by atoms with van der Waals surface area (Å²) >= 11 is 0. The average Bonchev–Trinajstić information content (AvgIpc) is 2.93. The molecule has 1 N–H and O–H groups in total. The number of nitrogens with zero attached hydrogens (tertiary/aromatic N) is 2. The molecule has 0 aromatic carbocycles. The summed E-state index contributed by atoms with van der Waals surface area (Å²) in [6.45, 7) is 10.7. The minimum absolute atomic E-state index is 0.197. The van der Waals surface area contributed by atoms with Crippen molar-refractivity contribution in [2.75, 3.05) is 13.2 Å². The summed E-state index contributed by atoms with van der Waals surface area (Å²) in [6, 6.07) is 2.76. The lowest BCUT2D eigenvalue weighted by atomic mass is 9.77. The van der Waals surface area contributed by atoms with Crippen molar-refractivity contribution in [3.05, 3.63) is 17.5 Å². The monoisotopic (exact) mass is 279 g/mol. The first-order valence-electron chi connectivity index (χ1n) is 7.83. The summed E-state index contributed by atoms with van der Waals surface area (Å²) < 4.78 is 7.92. The lowest BCUT2D eigenvalue weighted by molar-refractivity contribution is 0.0611. The molecule has 1 saturated heterocycles. The molecule has 114 valence electrons. The summed E-state index contributed by atoms with van der Waals surface area (Å²) in [5.41, 5.74) is 2.70. The molecule has 0 spiro atoms. The zero-order valence-electron chi connectivity index (χ0n) is 13.6.